The number of unbranched alkanes of at least 4 members (excludes halogenated alkanes) is 1. The molecule has 0 atom stereocenters. The first kappa shape index (κ1) is 24.1. The molecule has 0 saturated heterocycles. The van der Waals surface area contributed by atoms with Crippen molar-refractivity contribution in [3.05, 3.63) is 57.9 Å². The first-order valence-electron chi connectivity index (χ1n) is 13.4. The Morgan fingerprint density at radius 2 is 1.89 bits per heavy atom. The van der Waals surface area contributed by atoms with Gasteiger partial charge in [0.25, 0.3) is 5.56 Å². The molecule has 6 rings (SSSR count). The van der Waals surface area contributed by atoms with Gasteiger partial charge in [-0.25, -0.2) is 4.98 Å². The van der Waals surface area contributed by atoms with Crippen LogP contribution in [0.1, 0.15) is 69.0 Å². The van der Waals surface area contributed by atoms with Crippen LogP contribution in [0.5, 0.6) is 0 Å². The molecule has 1 saturated carbocycles. The number of halogens is 3. The van der Waals surface area contributed by atoms with E-state index in [-0.39, 0.29) is 22.8 Å². The molecule has 37 heavy (non-hydrogen) atoms. The molecule has 8 heteroatoms. The number of nitrogens with zero attached hydrogens (tertiary/aromatic N) is 3. The van der Waals surface area contributed by atoms with Gasteiger partial charge in [0.05, 0.1) is 27.7 Å². The van der Waals surface area contributed by atoms with Gasteiger partial charge in [-0.15, -0.1) is 0 Å². The van der Waals surface area contributed by atoms with Crippen molar-refractivity contribution in [1.29, 1.82) is 0 Å². The SMILES string of the molecule is CCCCN1CCCc2cc3c(C(F)(F)F)c(-c4nc5ccccc5[nH]4)c(=O)n(C4CCCC4)c3cc21. The Labute approximate surface area is 213 Å². The number of fused-ring (bicyclic) bond motifs is 3. The highest BCUT2D eigenvalue weighted by Crippen LogP contribution is 2.44. The van der Waals surface area contributed by atoms with Gasteiger partial charge in [-0.3, -0.25) is 4.79 Å². The van der Waals surface area contributed by atoms with Crippen LogP contribution in [0.3, 0.4) is 0 Å². The number of alkyl halides is 3. The number of aromatic nitrogens is 3. The molecule has 4 aromatic rings. The number of nitrogens with one attached hydrogen (secondary N) is 1. The predicted molar refractivity (Wildman–Crippen MR) is 141 cm³/mol. The number of hydrogen-bond donors (Lipinski definition) is 1. The lowest BCUT2D eigenvalue weighted by atomic mass is 9.94. The van der Waals surface area contributed by atoms with E-state index < -0.39 is 17.3 Å². The Kier molecular flexibility index (Phi) is 6.00. The van der Waals surface area contributed by atoms with Gasteiger partial charge in [0.1, 0.15) is 5.82 Å². The summed E-state index contributed by atoms with van der Waals surface area (Å²) in [7, 11) is 0. The molecule has 0 unspecified atom stereocenters. The Bertz CT molecular complexity index is 1500. The van der Waals surface area contributed by atoms with Crippen LogP contribution in [0, 0.1) is 0 Å². The highest BCUT2D eigenvalue weighted by Gasteiger charge is 2.40. The highest BCUT2D eigenvalue weighted by molar-refractivity contribution is 5.93. The van der Waals surface area contributed by atoms with E-state index in [2.05, 4.69) is 21.8 Å². The number of H-pyrrole nitrogens is 1. The van der Waals surface area contributed by atoms with E-state index >= 15 is 0 Å². The van der Waals surface area contributed by atoms with Gasteiger partial charge in [-0.05, 0) is 61.9 Å². The van der Waals surface area contributed by atoms with Gasteiger partial charge in [0, 0.05) is 30.2 Å². The van der Waals surface area contributed by atoms with Crippen molar-refractivity contribution in [2.24, 2.45) is 0 Å². The van der Waals surface area contributed by atoms with Crippen molar-refractivity contribution in [1.82, 2.24) is 14.5 Å². The van der Waals surface area contributed by atoms with E-state index in [0.29, 0.717) is 16.6 Å². The van der Waals surface area contributed by atoms with Crippen LogP contribution in [0.2, 0.25) is 0 Å². The first-order valence-corrected chi connectivity index (χ1v) is 13.4. The van der Waals surface area contributed by atoms with Crippen LogP contribution in [0.4, 0.5) is 18.9 Å². The topological polar surface area (TPSA) is 53.9 Å². The van der Waals surface area contributed by atoms with Crippen molar-refractivity contribution >= 4 is 27.6 Å². The highest BCUT2D eigenvalue weighted by atomic mass is 19.4. The van der Waals surface area contributed by atoms with Crippen molar-refractivity contribution < 1.29 is 13.2 Å². The average molecular weight is 509 g/mol. The number of aromatic amines is 1. The summed E-state index contributed by atoms with van der Waals surface area (Å²) in [5.74, 6) is -0.0190. The van der Waals surface area contributed by atoms with Gasteiger partial charge >= 0.3 is 6.18 Å². The molecule has 1 fully saturated rings. The van der Waals surface area contributed by atoms with Crippen molar-refractivity contribution in [3.8, 4) is 11.4 Å². The van der Waals surface area contributed by atoms with E-state index in [0.717, 1.165) is 75.7 Å². The number of para-hydroxylation sites is 2. The monoisotopic (exact) mass is 508 g/mol. The molecular weight excluding hydrogens is 477 g/mol. The second kappa shape index (κ2) is 9.23. The Morgan fingerprint density at radius 3 is 2.62 bits per heavy atom. The average Bonchev–Trinajstić information content (AvgIpc) is 3.55. The lowest BCUT2D eigenvalue weighted by Crippen LogP contribution is -2.32. The maximum absolute atomic E-state index is 14.9. The fourth-order valence-electron chi connectivity index (χ4n) is 6.26. The predicted octanol–water partition coefficient (Wildman–Crippen LogP) is 7.23. The molecule has 0 amide bonds. The van der Waals surface area contributed by atoms with E-state index in [9.17, 15) is 18.0 Å². The van der Waals surface area contributed by atoms with E-state index in [1.54, 1.807) is 34.9 Å². The summed E-state index contributed by atoms with van der Waals surface area (Å²) in [6.07, 6.45) is 2.49. The van der Waals surface area contributed by atoms with Gasteiger partial charge in [0.2, 0.25) is 0 Å². The molecule has 3 heterocycles. The standard InChI is InChI=1S/C29H31F3N4O/c1-2-3-14-35-15-8-9-18-16-20-24(17-23(18)35)36(19-10-4-5-11-19)28(37)25(26(20)29(30,31)32)27-33-21-12-6-7-13-22(21)34-27/h6-7,12-13,16-17,19H,2-5,8-11,14-15H2,1H3,(H,33,34). The largest absolute Gasteiger partial charge is 0.417 e. The minimum Gasteiger partial charge on any atom is -0.371 e. The fraction of sp³-hybridized carbons (Fsp3) is 0.448. The molecule has 2 aromatic carbocycles. The van der Waals surface area contributed by atoms with Crippen LogP contribution >= 0.6 is 0 Å². The maximum atomic E-state index is 14.9. The fourth-order valence-corrected chi connectivity index (χ4v) is 6.26. The van der Waals surface area contributed by atoms with E-state index in [1.807, 2.05) is 6.07 Å². The lowest BCUT2D eigenvalue weighted by molar-refractivity contribution is -0.135. The molecule has 0 spiro atoms. The maximum Gasteiger partial charge on any atom is 0.417 e. The van der Waals surface area contributed by atoms with Gasteiger partial charge in [-0.2, -0.15) is 13.2 Å². The third-order valence-electron chi connectivity index (χ3n) is 8.00. The smallest absolute Gasteiger partial charge is 0.371 e. The molecule has 0 bridgehead atoms. The number of benzene rings is 2. The zero-order chi connectivity index (χ0) is 25.7. The summed E-state index contributed by atoms with van der Waals surface area (Å²) in [6, 6.07) is 10.5. The molecule has 5 nitrogen and oxygen atoms in total. The molecule has 1 aliphatic heterocycles. The summed E-state index contributed by atoms with van der Waals surface area (Å²) in [5, 5.41) is 0.102. The van der Waals surface area contributed by atoms with Crippen LogP contribution < -0.4 is 10.5 Å². The van der Waals surface area contributed by atoms with Gasteiger partial charge in [-0.1, -0.05) is 38.3 Å². The second-order valence-corrected chi connectivity index (χ2v) is 10.4. The molecule has 2 aromatic heterocycles. The van der Waals surface area contributed by atoms with Crippen LogP contribution in [0.25, 0.3) is 33.3 Å². The number of rotatable bonds is 5. The van der Waals surface area contributed by atoms with Crippen LogP contribution in [-0.2, 0) is 12.6 Å². The molecule has 2 aliphatic rings. The van der Waals surface area contributed by atoms with E-state index in [4.69, 9.17) is 0 Å². The van der Waals surface area contributed by atoms with Crippen molar-refractivity contribution in [2.75, 3.05) is 18.0 Å². The molecule has 194 valence electrons. The van der Waals surface area contributed by atoms with Crippen molar-refractivity contribution in [2.45, 2.75) is 70.5 Å². The van der Waals surface area contributed by atoms with E-state index in [1.165, 1.54) is 0 Å². The van der Waals surface area contributed by atoms with Crippen LogP contribution in [-0.4, -0.2) is 27.6 Å². The summed E-state index contributed by atoms with van der Waals surface area (Å²) in [4.78, 5) is 23.9. The Balaban J connectivity index is 1.70. The molecule has 1 N–H and O–H groups in total. The zero-order valence-electron chi connectivity index (χ0n) is 21.0. The number of hydrogen-bond acceptors (Lipinski definition) is 3. The number of imidazole rings is 1. The minimum absolute atomic E-state index is 0.0190. The first-order chi connectivity index (χ1) is 17.9. The van der Waals surface area contributed by atoms with Crippen molar-refractivity contribution in [3.63, 3.8) is 0 Å². The molecule has 0 radical (unpaired) electrons. The molecule has 1 aliphatic carbocycles. The summed E-state index contributed by atoms with van der Waals surface area (Å²) in [5.41, 5.74) is 1.57. The summed E-state index contributed by atoms with van der Waals surface area (Å²) >= 11 is 0. The summed E-state index contributed by atoms with van der Waals surface area (Å²) in [6.45, 7) is 3.89. The Morgan fingerprint density at radius 1 is 1.11 bits per heavy atom. The second-order valence-electron chi connectivity index (χ2n) is 10.4. The molecular formula is C29H31F3N4O. The number of anilines is 1. The minimum atomic E-state index is -4.72. The normalized spacial score (nSPS) is 16.7. The zero-order valence-corrected chi connectivity index (χ0v) is 21.0. The Hall–Kier alpha value is -3.29. The van der Waals surface area contributed by atoms with Gasteiger partial charge in [0.15, 0.2) is 0 Å². The van der Waals surface area contributed by atoms with Gasteiger partial charge < -0.3 is 14.5 Å². The number of aryl methyl sites for hydroxylation is 1. The van der Waals surface area contributed by atoms with Crippen LogP contribution in [0.15, 0.2) is 41.2 Å². The number of pyridine rings is 1. The lowest BCUT2D eigenvalue weighted by Gasteiger charge is -2.33. The third kappa shape index (κ3) is 4.10. The summed E-state index contributed by atoms with van der Waals surface area (Å²) < 4.78 is 46.3. The quantitative estimate of drug-likeness (QED) is 0.309. The third-order valence-corrected chi connectivity index (χ3v) is 8.00.